The van der Waals surface area contributed by atoms with Crippen LogP contribution in [0.1, 0.15) is 25.3 Å². The molecule has 2 aromatic carbocycles. The molecule has 0 amide bonds. The molecule has 1 aromatic heterocycles. The highest BCUT2D eigenvalue weighted by molar-refractivity contribution is 7.92. The van der Waals surface area contributed by atoms with E-state index in [1.807, 2.05) is 12.1 Å². The number of aromatic nitrogens is 1. The van der Waals surface area contributed by atoms with E-state index in [2.05, 4.69) is 23.6 Å². The van der Waals surface area contributed by atoms with Gasteiger partial charge in [-0.1, -0.05) is 26.0 Å². The summed E-state index contributed by atoms with van der Waals surface area (Å²) in [7, 11) is -3.75. The van der Waals surface area contributed by atoms with Crippen LogP contribution < -0.4 is 10.5 Å². The fourth-order valence-corrected chi connectivity index (χ4v) is 3.32. The smallest absolute Gasteiger partial charge is 0.408 e. The van der Waals surface area contributed by atoms with Gasteiger partial charge in [-0.05, 0) is 35.7 Å². The largest absolute Gasteiger partial charge is 0.417 e. The number of oxazole rings is 1. The molecule has 0 spiro atoms. The maximum absolute atomic E-state index is 12.4. The van der Waals surface area contributed by atoms with Crippen molar-refractivity contribution in [3.05, 3.63) is 58.6 Å². The molecule has 0 unspecified atom stereocenters. The Morgan fingerprint density at radius 1 is 1.09 bits per heavy atom. The predicted octanol–water partition coefficient (Wildman–Crippen LogP) is 3.05. The van der Waals surface area contributed by atoms with E-state index in [4.69, 9.17) is 4.42 Å². The normalized spacial score (nSPS) is 12.0. The third kappa shape index (κ3) is 3.14. The van der Waals surface area contributed by atoms with E-state index in [1.165, 1.54) is 18.2 Å². The summed E-state index contributed by atoms with van der Waals surface area (Å²) in [6, 6.07) is 11.4. The van der Waals surface area contributed by atoms with Crippen LogP contribution in [0.4, 0.5) is 5.69 Å². The topological polar surface area (TPSA) is 92.2 Å². The van der Waals surface area contributed by atoms with Gasteiger partial charge < -0.3 is 4.42 Å². The van der Waals surface area contributed by atoms with Crippen LogP contribution in [0, 0.1) is 0 Å². The third-order valence-electron chi connectivity index (χ3n) is 3.53. The van der Waals surface area contributed by atoms with Crippen LogP contribution in [0.2, 0.25) is 0 Å². The zero-order valence-electron chi connectivity index (χ0n) is 12.7. The Bertz CT molecular complexity index is 998. The molecule has 0 bridgehead atoms. The summed E-state index contributed by atoms with van der Waals surface area (Å²) in [5.41, 5.74) is 2.26. The highest BCUT2D eigenvalue weighted by Crippen LogP contribution is 2.22. The number of fused-ring (bicyclic) bond motifs is 1. The van der Waals surface area contributed by atoms with Crippen molar-refractivity contribution in [1.29, 1.82) is 0 Å². The lowest BCUT2D eigenvalue weighted by atomic mass is 10.0. The lowest BCUT2D eigenvalue weighted by molar-refractivity contribution is 0.554. The molecule has 0 saturated heterocycles. The van der Waals surface area contributed by atoms with Crippen molar-refractivity contribution in [2.24, 2.45) is 0 Å². The van der Waals surface area contributed by atoms with Gasteiger partial charge in [-0.15, -0.1) is 0 Å². The molecule has 6 nitrogen and oxygen atoms in total. The van der Waals surface area contributed by atoms with Crippen molar-refractivity contribution in [3.63, 3.8) is 0 Å². The molecule has 120 valence electrons. The SMILES string of the molecule is CC(C)c1ccc(NS(=O)(=O)c2ccc3[nH]c(=O)oc3c2)cc1. The summed E-state index contributed by atoms with van der Waals surface area (Å²) in [6.45, 7) is 4.14. The fraction of sp³-hybridized carbons (Fsp3) is 0.188. The number of benzene rings is 2. The van der Waals surface area contributed by atoms with Crippen molar-refractivity contribution in [2.75, 3.05) is 4.72 Å². The van der Waals surface area contributed by atoms with Gasteiger partial charge in [-0.2, -0.15) is 0 Å². The van der Waals surface area contributed by atoms with Crippen molar-refractivity contribution in [1.82, 2.24) is 4.98 Å². The molecule has 23 heavy (non-hydrogen) atoms. The highest BCUT2D eigenvalue weighted by atomic mass is 32.2. The molecule has 3 rings (SSSR count). The Labute approximate surface area is 133 Å². The van der Waals surface area contributed by atoms with Crippen molar-refractivity contribution in [2.45, 2.75) is 24.7 Å². The van der Waals surface area contributed by atoms with Gasteiger partial charge in [0.05, 0.1) is 10.4 Å². The summed E-state index contributed by atoms with van der Waals surface area (Å²) in [5.74, 6) is -0.244. The molecular weight excluding hydrogens is 316 g/mol. The second-order valence-electron chi connectivity index (χ2n) is 5.55. The van der Waals surface area contributed by atoms with Crippen LogP contribution in [0.3, 0.4) is 0 Å². The van der Waals surface area contributed by atoms with Gasteiger partial charge in [-0.3, -0.25) is 9.71 Å². The van der Waals surface area contributed by atoms with Gasteiger partial charge in [0.15, 0.2) is 5.58 Å². The van der Waals surface area contributed by atoms with E-state index >= 15 is 0 Å². The summed E-state index contributed by atoms with van der Waals surface area (Å²) >= 11 is 0. The Kier molecular flexibility index (Phi) is 3.73. The van der Waals surface area contributed by atoms with Crippen LogP contribution >= 0.6 is 0 Å². The Morgan fingerprint density at radius 3 is 2.43 bits per heavy atom. The van der Waals surface area contributed by atoms with Crippen molar-refractivity contribution in [3.8, 4) is 0 Å². The molecule has 1 heterocycles. The molecule has 0 aliphatic heterocycles. The standard InChI is InChI=1S/C16H16N2O4S/c1-10(2)11-3-5-12(6-4-11)18-23(20,21)13-7-8-14-15(9-13)22-16(19)17-14/h3-10,18H,1-2H3,(H,17,19). The van der Waals surface area contributed by atoms with Gasteiger partial charge in [-0.25, -0.2) is 13.2 Å². The van der Waals surface area contributed by atoms with Crippen LogP contribution in [0.5, 0.6) is 0 Å². The summed E-state index contributed by atoms with van der Waals surface area (Å²) in [5, 5.41) is 0. The first kappa shape index (κ1) is 15.4. The predicted molar refractivity (Wildman–Crippen MR) is 88.2 cm³/mol. The molecule has 2 N–H and O–H groups in total. The quantitative estimate of drug-likeness (QED) is 0.768. The molecule has 0 saturated carbocycles. The zero-order chi connectivity index (χ0) is 16.6. The second-order valence-corrected chi connectivity index (χ2v) is 7.24. The molecule has 0 fully saturated rings. The first-order valence-corrected chi connectivity index (χ1v) is 8.59. The molecular formula is C16H16N2O4S. The summed E-state index contributed by atoms with van der Waals surface area (Å²) < 4.78 is 32.3. The van der Waals surface area contributed by atoms with Crippen LogP contribution in [-0.2, 0) is 10.0 Å². The monoisotopic (exact) mass is 332 g/mol. The van der Waals surface area contributed by atoms with E-state index < -0.39 is 15.8 Å². The minimum absolute atomic E-state index is 0.0284. The van der Waals surface area contributed by atoms with Gasteiger partial charge in [0.2, 0.25) is 0 Å². The average molecular weight is 332 g/mol. The van der Waals surface area contributed by atoms with Crippen molar-refractivity contribution >= 4 is 26.8 Å². The minimum Gasteiger partial charge on any atom is -0.408 e. The lowest BCUT2D eigenvalue weighted by Crippen LogP contribution is -2.12. The van der Waals surface area contributed by atoms with Gasteiger partial charge in [0.1, 0.15) is 0 Å². The fourth-order valence-electron chi connectivity index (χ4n) is 2.24. The van der Waals surface area contributed by atoms with Gasteiger partial charge in [0, 0.05) is 11.8 Å². The number of H-pyrrole nitrogens is 1. The van der Waals surface area contributed by atoms with E-state index in [0.717, 1.165) is 5.56 Å². The summed E-state index contributed by atoms with van der Waals surface area (Å²) in [4.78, 5) is 13.6. The number of hydrogen-bond donors (Lipinski definition) is 2. The third-order valence-corrected chi connectivity index (χ3v) is 4.91. The maximum Gasteiger partial charge on any atom is 0.417 e. The van der Waals surface area contributed by atoms with Gasteiger partial charge >= 0.3 is 5.76 Å². The molecule has 3 aromatic rings. The lowest BCUT2D eigenvalue weighted by Gasteiger charge is -2.10. The van der Waals surface area contributed by atoms with Crippen LogP contribution in [0.25, 0.3) is 11.1 Å². The molecule has 7 heteroatoms. The zero-order valence-corrected chi connectivity index (χ0v) is 13.5. The minimum atomic E-state index is -3.75. The van der Waals surface area contributed by atoms with Crippen molar-refractivity contribution < 1.29 is 12.8 Å². The van der Waals surface area contributed by atoms with E-state index in [0.29, 0.717) is 17.1 Å². The van der Waals surface area contributed by atoms with Crippen LogP contribution in [-0.4, -0.2) is 13.4 Å². The molecule has 0 aliphatic rings. The van der Waals surface area contributed by atoms with E-state index in [9.17, 15) is 13.2 Å². The molecule has 0 aliphatic carbocycles. The first-order valence-electron chi connectivity index (χ1n) is 7.11. The maximum atomic E-state index is 12.4. The number of rotatable bonds is 4. The van der Waals surface area contributed by atoms with E-state index in [1.54, 1.807) is 12.1 Å². The second kappa shape index (κ2) is 5.58. The van der Waals surface area contributed by atoms with Gasteiger partial charge in [0.25, 0.3) is 10.0 Å². The number of aromatic amines is 1. The Morgan fingerprint density at radius 2 is 1.78 bits per heavy atom. The number of sulfonamides is 1. The summed E-state index contributed by atoms with van der Waals surface area (Å²) in [6.07, 6.45) is 0. The Balaban J connectivity index is 1.91. The average Bonchev–Trinajstić information content (AvgIpc) is 2.86. The highest BCUT2D eigenvalue weighted by Gasteiger charge is 2.16. The first-order chi connectivity index (χ1) is 10.8. The number of anilines is 1. The van der Waals surface area contributed by atoms with E-state index in [-0.39, 0.29) is 10.5 Å². The number of nitrogens with one attached hydrogen (secondary N) is 2. The molecule has 0 radical (unpaired) electrons. The Hall–Kier alpha value is -2.54. The molecule has 0 atom stereocenters. The number of hydrogen-bond acceptors (Lipinski definition) is 4. The van der Waals surface area contributed by atoms with Crippen LogP contribution in [0.15, 0.2) is 56.6 Å².